The summed E-state index contributed by atoms with van der Waals surface area (Å²) in [5.74, 6) is 0.260. The number of nitrogens with one attached hydrogen (secondary N) is 1. The number of carbonyl (C=O) groups excluding carboxylic acids is 1. The smallest absolute Gasteiger partial charge is 0.262 e. The molecule has 1 aromatic heterocycles. The van der Waals surface area contributed by atoms with Crippen LogP contribution in [0.2, 0.25) is 5.02 Å². The second kappa shape index (κ2) is 6.61. The first-order chi connectivity index (χ1) is 10.0. The third-order valence-corrected chi connectivity index (χ3v) is 4.31. The minimum absolute atomic E-state index is 0.123. The van der Waals surface area contributed by atoms with Crippen molar-refractivity contribution in [2.24, 2.45) is 0 Å². The lowest BCUT2D eigenvalue weighted by Gasteiger charge is -2.06. The SMILES string of the molecule is Cc1sc(NC(=O)COc2ccc(Cl)cc2)c(C#N)c1C. The van der Waals surface area contributed by atoms with E-state index in [1.54, 1.807) is 24.3 Å². The summed E-state index contributed by atoms with van der Waals surface area (Å²) in [6.07, 6.45) is 0. The Kier molecular flexibility index (Phi) is 4.84. The lowest BCUT2D eigenvalue weighted by molar-refractivity contribution is -0.118. The highest BCUT2D eigenvalue weighted by Gasteiger charge is 2.14. The number of aryl methyl sites for hydroxylation is 1. The van der Waals surface area contributed by atoms with Gasteiger partial charge in [0.05, 0.1) is 5.56 Å². The normalized spacial score (nSPS) is 10.0. The van der Waals surface area contributed by atoms with Crippen molar-refractivity contribution in [2.75, 3.05) is 11.9 Å². The molecule has 6 heteroatoms. The molecule has 0 saturated carbocycles. The maximum Gasteiger partial charge on any atom is 0.262 e. The molecule has 108 valence electrons. The summed E-state index contributed by atoms with van der Waals surface area (Å²) in [7, 11) is 0. The number of anilines is 1. The Labute approximate surface area is 131 Å². The zero-order valence-electron chi connectivity index (χ0n) is 11.6. The van der Waals surface area contributed by atoms with Crippen LogP contribution in [0.5, 0.6) is 5.75 Å². The molecule has 0 fully saturated rings. The van der Waals surface area contributed by atoms with Crippen LogP contribution in [0.25, 0.3) is 0 Å². The Bertz CT molecular complexity index is 702. The number of carbonyl (C=O) groups is 1. The van der Waals surface area contributed by atoms with Crippen molar-refractivity contribution < 1.29 is 9.53 Å². The van der Waals surface area contributed by atoms with Gasteiger partial charge in [-0.25, -0.2) is 0 Å². The zero-order valence-corrected chi connectivity index (χ0v) is 13.1. The van der Waals surface area contributed by atoms with E-state index in [1.807, 2.05) is 13.8 Å². The third kappa shape index (κ3) is 3.75. The van der Waals surface area contributed by atoms with E-state index in [-0.39, 0.29) is 12.5 Å². The summed E-state index contributed by atoms with van der Waals surface area (Å²) in [4.78, 5) is 12.9. The fraction of sp³-hybridized carbons (Fsp3) is 0.200. The Balaban J connectivity index is 1.98. The van der Waals surface area contributed by atoms with Gasteiger partial charge in [-0.3, -0.25) is 4.79 Å². The second-order valence-electron chi connectivity index (χ2n) is 4.39. The molecule has 0 radical (unpaired) electrons. The fourth-order valence-electron chi connectivity index (χ4n) is 1.69. The average Bonchev–Trinajstić information content (AvgIpc) is 2.72. The van der Waals surface area contributed by atoms with Gasteiger partial charge in [-0.15, -0.1) is 11.3 Å². The van der Waals surface area contributed by atoms with Gasteiger partial charge in [0.15, 0.2) is 6.61 Å². The van der Waals surface area contributed by atoms with Gasteiger partial charge >= 0.3 is 0 Å². The highest BCUT2D eigenvalue weighted by molar-refractivity contribution is 7.16. The van der Waals surface area contributed by atoms with E-state index in [1.165, 1.54) is 11.3 Å². The molecule has 0 saturated heterocycles. The van der Waals surface area contributed by atoms with Crippen LogP contribution in [0.15, 0.2) is 24.3 Å². The number of halogens is 1. The first kappa shape index (κ1) is 15.4. The number of nitriles is 1. The summed E-state index contributed by atoms with van der Waals surface area (Å²) < 4.78 is 5.36. The molecule has 2 rings (SSSR count). The maximum atomic E-state index is 11.9. The van der Waals surface area contributed by atoms with E-state index in [4.69, 9.17) is 21.6 Å². The van der Waals surface area contributed by atoms with Crippen molar-refractivity contribution in [3.05, 3.63) is 45.3 Å². The van der Waals surface area contributed by atoms with Crippen molar-refractivity contribution in [2.45, 2.75) is 13.8 Å². The first-order valence-corrected chi connectivity index (χ1v) is 7.39. The topological polar surface area (TPSA) is 62.1 Å². The number of rotatable bonds is 4. The number of benzene rings is 1. The fourth-order valence-corrected chi connectivity index (χ4v) is 2.85. The van der Waals surface area contributed by atoms with Crippen LogP contribution in [-0.4, -0.2) is 12.5 Å². The highest BCUT2D eigenvalue weighted by atomic mass is 35.5. The van der Waals surface area contributed by atoms with Gasteiger partial charge < -0.3 is 10.1 Å². The quantitative estimate of drug-likeness (QED) is 0.929. The lowest BCUT2D eigenvalue weighted by Crippen LogP contribution is -2.20. The molecule has 0 aliphatic heterocycles. The van der Waals surface area contributed by atoms with Gasteiger partial charge in [-0.2, -0.15) is 5.26 Å². The Morgan fingerprint density at radius 3 is 2.67 bits per heavy atom. The Hall–Kier alpha value is -2.03. The van der Waals surface area contributed by atoms with Crippen LogP contribution in [0.4, 0.5) is 5.00 Å². The minimum atomic E-state index is -0.303. The molecule has 0 atom stereocenters. The molecule has 2 aromatic rings. The molecule has 0 aliphatic rings. The van der Waals surface area contributed by atoms with E-state index in [0.717, 1.165) is 10.4 Å². The number of hydrogen-bond donors (Lipinski definition) is 1. The van der Waals surface area contributed by atoms with Crippen LogP contribution >= 0.6 is 22.9 Å². The second-order valence-corrected chi connectivity index (χ2v) is 6.05. The number of nitrogens with zero attached hydrogens (tertiary/aromatic N) is 1. The molecule has 0 aliphatic carbocycles. The van der Waals surface area contributed by atoms with Crippen LogP contribution in [-0.2, 0) is 4.79 Å². The Morgan fingerprint density at radius 2 is 2.05 bits per heavy atom. The molecule has 1 amide bonds. The average molecular weight is 321 g/mol. The van der Waals surface area contributed by atoms with Crippen molar-refractivity contribution in [1.82, 2.24) is 0 Å². The van der Waals surface area contributed by atoms with E-state index < -0.39 is 0 Å². The predicted octanol–water partition coefficient (Wildman–Crippen LogP) is 3.91. The van der Waals surface area contributed by atoms with E-state index in [9.17, 15) is 4.79 Å². The number of thiophene rings is 1. The van der Waals surface area contributed by atoms with Crippen LogP contribution < -0.4 is 10.1 Å². The number of hydrogen-bond acceptors (Lipinski definition) is 4. The minimum Gasteiger partial charge on any atom is -0.484 e. The van der Waals surface area contributed by atoms with Crippen molar-refractivity contribution >= 4 is 33.8 Å². The van der Waals surface area contributed by atoms with Gasteiger partial charge in [-0.1, -0.05) is 11.6 Å². The van der Waals surface area contributed by atoms with Gasteiger partial charge in [0.2, 0.25) is 0 Å². The number of ether oxygens (including phenoxy) is 1. The Morgan fingerprint density at radius 1 is 1.38 bits per heavy atom. The molecule has 4 nitrogen and oxygen atoms in total. The molecule has 1 aromatic carbocycles. The zero-order chi connectivity index (χ0) is 15.4. The number of amides is 1. The summed E-state index contributed by atoms with van der Waals surface area (Å²) >= 11 is 7.16. The lowest BCUT2D eigenvalue weighted by atomic mass is 10.2. The summed E-state index contributed by atoms with van der Waals surface area (Å²) in [5, 5.41) is 13.0. The van der Waals surface area contributed by atoms with E-state index in [0.29, 0.717) is 21.3 Å². The molecule has 0 spiro atoms. The van der Waals surface area contributed by atoms with Gasteiger partial charge in [0.25, 0.3) is 5.91 Å². The molecular weight excluding hydrogens is 308 g/mol. The van der Waals surface area contributed by atoms with Crippen molar-refractivity contribution in [1.29, 1.82) is 5.26 Å². The van der Waals surface area contributed by atoms with Gasteiger partial charge in [0.1, 0.15) is 16.8 Å². The molecule has 21 heavy (non-hydrogen) atoms. The predicted molar refractivity (Wildman–Crippen MR) is 84.1 cm³/mol. The molecule has 1 N–H and O–H groups in total. The summed E-state index contributed by atoms with van der Waals surface area (Å²) in [5.41, 5.74) is 1.41. The molecule has 1 heterocycles. The first-order valence-electron chi connectivity index (χ1n) is 6.19. The molecule has 0 unspecified atom stereocenters. The van der Waals surface area contributed by atoms with Crippen LogP contribution in [0.1, 0.15) is 16.0 Å². The van der Waals surface area contributed by atoms with Gasteiger partial charge in [0, 0.05) is 9.90 Å². The third-order valence-electron chi connectivity index (χ3n) is 2.93. The van der Waals surface area contributed by atoms with Crippen LogP contribution in [0, 0.1) is 25.2 Å². The highest BCUT2D eigenvalue weighted by Crippen LogP contribution is 2.31. The summed E-state index contributed by atoms with van der Waals surface area (Å²) in [6, 6.07) is 8.87. The molecular formula is C15H13ClN2O2S. The van der Waals surface area contributed by atoms with Gasteiger partial charge in [-0.05, 0) is 43.7 Å². The van der Waals surface area contributed by atoms with Crippen molar-refractivity contribution in [3.8, 4) is 11.8 Å². The van der Waals surface area contributed by atoms with Crippen molar-refractivity contribution in [3.63, 3.8) is 0 Å². The largest absolute Gasteiger partial charge is 0.484 e. The van der Waals surface area contributed by atoms with Crippen LogP contribution in [0.3, 0.4) is 0 Å². The summed E-state index contributed by atoms with van der Waals surface area (Å²) in [6.45, 7) is 3.66. The monoisotopic (exact) mass is 320 g/mol. The molecule has 0 bridgehead atoms. The van der Waals surface area contributed by atoms with E-state index in [2.05, 4.69) is 11.4 Å². The maximum absolute atomic E-state index is 11.9. The van der Waals surface area contributed by atoms with E-state index >= 15 is 0 Å². The standard InChI is InChI=1S/C15H13ClN2O2S/c1-9-10(2)21-15(13(9)7-17)18-14(19)8-20-12-5-3-11(16)4-6-12/h3-6H,8H2,1-2H3,(H,18,19).